The highest BCUT2D eigenvalue weighted by molar-refractivity contribution is 5.79. The molecule has 1 aromatic rings. The average molecular weight is 261 g/mol. The van der Waals surface area contributed by atoms with E-state index < -0.39 is 0 Å². The predicted molar refractivity (Wildman–Crippen MR) is 75.8 cm³/mol. The molecule has 1 heterocycles. The number of amides is 1. The Bertz CT molecular complexity index is 385. The van der Waals surface area contributed by atoms with Crippen LogP contribution in [0.3, 0.4) is 0 Å². The van der Waals surface area contributed by atoms with Gasteiger partial charge in [-0.2, -0.15) is 0 Å². The molecule has 19 heavy (non-hydrogen) atoms. The van der Waals surface area contributed by atoms with E-state index in [1.165, 1.54) is 5.56 Å². The number of nitrogens with one attached hydrogen (secondary N) is 1. The normalized spacial score (nSPS) is 17.9. The first-order valence-corrected chi connectivity index (χ1v) is 7.24. The highest BCUT2D eigenvalue weighted by Gasteiger charge is 2.23. The summed E-state index contributed by atoms with van der Waals surface area (Å²) in [6.07, 6.45) is 3.74. The minimum absolute atomic E-state index is 0.122. The Kier molecular flexibility index (Phi) is 5.40. The molecule has 1 aromatic carbocycles. The lowest BCUT2D eigenvalue weighted by molar-refractivity contribution is -0.128. The molecule has 2 rings (SSSR count). The minimum Gasteiger partial charge on any atom is -0.381 e. The first-order chi connectivity index (χ1) is 9.31. The average Bonchev–Trinajstić information content (AvgIpc) is 2.48. The van der Waals surface area contributed by atoms with E-state index in [0.717, 1.165) is 25.7 Å². The topological polar surface area (TPSA) is 38.3 Å². The van der Waals surface area contributed by atoms with Crippen LogP contribution in [0.2, 0.25) is 0 Å². The fourth-order valence-corrected chi connectivity index (χ4v) is 2.55. The summed E-state index contributed by atoms with van der Waals surface area (Å²) < 4.78 is 5.31. The molecule has 104 valence electrons. The van der Waals surface area contributed by atoms with Crippen molar-refractivity contribution in [2.45, 2.75) is 38.6 Å². The first kappa shape index (κ1) is 14.1. The molecular weight excluding hydrogens is 238 g/mol. The van der Waals surface area contributed by atoms with E-state index in [2.05, 4.69) is 24.4 Å². The lowest BCUT2D eigenvalue weighted by Crippen LogP contribution is -2.36. The molecule has 0 aromatic heterocycles. The Balaban J connectivity index is 1.98. The monoisotopic (exact) mass is 261 g/mol. The number of carbonyl (C=O) groups excluding carboxylic acids is 1. The quantitative estimate of drug-likeness (QED) is 0.884. The molecule has 1 aliphatic rings. The van der Waals surface area contributed by atoms with E-state index in [1.807, 2.05) is 18.2 Å². The van der Waals surface area contributed by atoms with E-state index >= 15 is 0 Å². The molecule has 3 heteroatoms. The van der Waals surface area contributed by atoms with Gasteiger partial charge < -0.3 is 10.1 Å². The van der Waals surface area contributed by atoms with Gasteiger partial charge in [0.05, 0.1) is 6.04 Å². The van der Waals surface area contributed by atoms with Crippen molar-refractivity contribution in [1.29, 1.82) is 0 Å². The molecule has 1 N–H and O–H groups in total. The SMILES string of the molecule is CCC[C@H](NC(=O)C1CCOCC1)c1ccccc1. The van der Waals surface area contributed by atoms with Gasteiger partial charge in [-0.3, -0.25) is 4.79 Å². The highest BCUT2D eigenvalue weighted by Crippen LogP contribution is 2.21. The molecule has 1 amide bonds. The third-order valence-electron chi connectivity index (χ3n) is 3.69. The third kappa shape index (κ3) is 4.06. The van der Waals surface area contributed by atoms with Gasteiger partial charge in [0.15, 0.2) is 0 Å². The summed E-state index contributed by atoms with van der Waals surface area (Å²) in [5.74, 6) is 0.308. The maximum absolute atomic E-state index is 12.3. The van der Waals surface area contributed by atoms with E-state index in [4.69, 9.17) is 4.74 Å². The molecule has 1 fully saturated rings. The molecule has 1 aliphatic heterocycles. The summed E-state index contributed by atoms with van der Waals surface area (Å²) in [6, 6.07) is 10.4. The standard InChI is InChI=1S/C16H23NO2/c1-2-6-15(13-7-4-3-5-8-13)17-16(18)14-9-11-19-12-10-14/h3-5,7-8,14-15H,2,6,9-12H2,1H3,(H,17,18)/t15-/m0/s1. The number of benzene rings is 1. The van der Waals surface area contributed by atoms with Gasteiger partial charge in [-0.05, 0) is 24.8 Å². The van der Waals surface area contributed by atoms with Crippen LogP contribution in [0.25, 0.3) is 0 Å². The molecular formula is C16H23NO2. The maximum atomic E-state index is 12.3. The van der Waals surface area contributed by atoms with Crippen LogP contribution in [0.5, 0.6) is 0 Å². The van der Waals surface area contributed by atoms with E-state index in [1.54, 1.807) is 0 Å². The van der Waals surface area contributed by atoms with Crippen LogP contribution in [-0.2, 0) is 9.53 Å². The highest BCUT2D eigenvalue weighted by atomic mass is 16.5. The van der Waals surface area contributed by atoms with Crippen LogP contribution >= 0.6 is 0 Å². The van der Waals surface area contributed by atoms with Crippen LogP contribution < -0.4 is 5.32 Å². The minimum atomic E-state index is 0.122. The van der Waals surface area contributed by atoms with Gasteiger partial charge in [-0.15, -0.1) is 0 Å². The van der Waals surface area contributed by atoms with Crippen molar-refractivity contribution >= 4 is 5.91 Å². The molecule has 1 saturated heterocycles. The smallest absolute Gasteiger partial charge is 0.223 e. The van der Waals surface area contributed by atoms with E-state index in [0.29, 0.717) is 13.2 Å². The van der Waals surface area contributed by atoms with Crippen molar-refractivity contribution in [2.24, 2.45) is 5.92 Å². The van der Waals surface area contributed by atoms with Gasteiger partial charge >= 0.3 is 0 Å². The summed E-state index contributed by atoms with van der Waals surface area (Å²) in [4.78, 5) is 12.3. The Morgan fingerprint density at radius 3 is 2.63 bits per heavy atom. The zero-order chi connectivity index (χ0) is 13.5. The molecule has 3 nitrogen and oxygen atoms in total. The Morgan fingerprint density at radius 2 is 2.00 bits per heavy atom. The van der Waals surface area contributed by atoms with Crippen LogP contribution in [0.15, 0.2) is 30.3 Å². The fourth-order valence-electron chi connectivity index (χ4n) is 2.55. The predicted octanol–water partition coefficient (Wildman–Crippen LogP) is 3.07. The molecule has 1 atom stereocenters. The summed E-state index contributed by atoms with van der Waals surface area (Å²) in [7, 11) is 0. The number of rotatable bonds is 5. The van der Waals surface area contributed by atoms with Crippen molar-refractivity contribution in [2.75, 3.05) is 13.2 Å². The number of carbonyl (C=O) groups is 1. The van der Waals surface area contributed by atoms with Crippen LogP contribution in [0.1, 0.15) is 44.2 Å². The van der Waals surface area contributed by atoms with Gasteiger partial charge in [0.25, 0.3) is 0 Å². The van der Waals surface area contributed by atoms with Crippen LogP contribution in [-0.4, -0.2) is 19.1 Å². The summed E-state index contributed by atoms with van der Waals surface area (Å²) >= 11 is 0. The molecule has 0 aliphatic carbocycles. The number of hydrogen-bond donors (Lipinski definition) is 1. The molecule has 0 spiro atoms. The maximum Gasteiger partial charge on any atom is 0.223 e. The van der Waals surface area contributed by atoms with Gasteiger partial charge in [0.2, 0.25) is 5.91 Å². The zero-order valence-corrected chi connectivity index (χ0v) is 11.6. The Hall–Kier alpha value is -1.35. The zero-order valence-electron chi connectivity index (χ0n) is 11.6. The Labute approximate surface area is 115 Å². The van der Waals surface area contributed by atoms with Crippen molar-refractivity contribution < 1.29 is 9.53 Å². The van der Waals surface area contributed by atoms with Crippen molar-refractivity contribution in [3.63, 3.8) is 0 Å². The van der Waals surface area contributed by atoms with Gasteiger partial charge in [-0.1, -0.05) is 43.7 Å². The van der Waals surface area contributed by atoms with Gasteiger partial charge in [0, 0.05) is 19.1 Å². The first-order valence-electron chi connectivity index (χ1n) is 7.24. The number of hydrogen-bond acceptors (Lipinski definition) is 2. The third-order valence-corrected chi connectivity index (χ3v) is 3.69. The van der Waals surface area contributed by atoms with Crippen molar-refractivity contribution in [3.05, 3.63) is 35.9 Å². The van der Waals surface area contributed by atoms with Gasteiger partial charge in [-0.25, -0.2) is 0 Å². The van der Waals surface area contributed by atoms with E-state index in [9.17, 15) is 4.79 Å². The molecule has 0 bridgehead atoms. The second-order valence-electron chi connectivity index (χ2n) is 5.15. The number of ether oxygens (including phenoxy) is 1. The largest absolute Gasteiger partial charge is 0.381 e. The molecule has 0 unspecified atom stereocenters. The van der Waals surface area contributed by atoms with Crippen LogP contribution in [0, 0.1) is 5.92 Å². The molecule has 0 saturated carbocycles. The second-order valence-corrected chi connectivity index (χ2v) is 5.15. The Morgan fingerprint density at radius 1 is 1.32 bits per heavy atom. The van der Waals surface area contributed by atoms with E-state index in [-0.39, 0.29) is 17.9 Å². The van der Waals surface area contributed by atoms with Crippen molar-refractivity contribution in [1.82, 2.24) is 5.32 Å². The second kappa shape index (κ2) is 7.29. The van der Waals surface area contributed by atoms with Crippen molar-refractivity contribution in [3.8, 4) is 0 Å². The summed E-state index contributed by atoms with van der Waals surface area (Å²) in [6.45, 7) is 3.57. The lowest BCUT2D eigenvalue weighted by atomic mass is 9.97. The van der Waals surface area contributed by atoms with Crippen LogP contribution in [0.4, 0.5) is 0 Å². The van der Waals surface area contributed by atoms with Gasteiger partial charge in [0.1, 0.15) is 0 Å². The summed E-state index contributed by atoms with van der Waals surface area (Å²) in [5.41, 5.74) is 1.20. The molecule has 0 radical (unpaired) electrons. The fraction of sp³-hybridized carbons (Fsp3) is 0.562. The summed E-state index contributed by atoms with van der Waals surface area (Å²) in [5, 5.41) is 3.21. The lowest BCUT2D eigenvalue weighted by Gasteiger charge is -2.25.